The van der Waals surface area contributed by atoms with Crippen molar-refractivity contribution in [1.29, 1.82) is 0 Å². The molecular weight excluding hydrogens is 318 g/mol. The molecule has 4 nitrogen and oxygen atoms in total. The Morgan fingerprint density at radius 3 is 2.85 bits per heavy atom. The van der Waals surface area contributed by atoms with Crippen LogP contribution in [0, 0.1) is 0 Å². The smallest absolute Gasteiger partial charge is 0.0766 e. The zero-order chi connectivity index (χ0) is 14.5. The molecule has 5 heteroatoms. The van der Waals surface area contributed by atoms with Crippen LogP contribution in [0.5, 0.6) is 0 Å². The molecule has 1 fully saturated rings. The highest BCUT2D eigenvalue weighted by molar-refractivity contribution is 9.10. The molecule has 2 rings (SSSR count). The van der Waals surface area contributed by atoms with Crippen LogP contribution in [0.1, 0.15) is 44.0 Å². The lowest BCUT2D eigenvalue weighted by molar-refractivity contribution is 0.00558. The molecule has 0 saturated carbocycles. The third-order valence-corrected chi connectivity index (χ3v) is 5.09. The van der Waals surface area contributed by atoms with Crippen LogP contribution in [-0.2, 0) is 24.6 Å². The Kier molecular flexibility index (Phi) is 6.05. The average Bonchev–Trinajstić information content (AvgIpc) is 2.74. The lowest BCUT2D eigenvalue weighted by Crippen LogP contribution is -2.34. The quantitative estimate of drug-likeness (QED) is 0.863. The van der Waals surface area contributed by atoms with Crippen molar-refractivity contribution in [3.8, 4) is 0 Å². The van der Waals surface area contributed by atoms with Crippen LogP contribution in [0.3, 0.4) is 0 Å². The van der Waals surface area contributed by atoms with Gasteiger partial charge in [-0.05, 0) is 55.1 Å². The standard InChI is InChI=1S/C15H26BrN3O/c1-4-13-15(16)14(19(3)18-13)10-11(17-2)9-12-7-5-6-8-20-12/h11-12,17H,4-10H2,1-3H3. The van der Waals surface area contributed by atoms with Gasteiger partial charge in [0.15, 0.2) is 0 Å². The van der Waals surface area contributed by atoms with Gasteiger partial charge in [0.25, 0.3) is 0 Å². The molecule has 20 heavy (non-hydrogen) atoms. The number of nitrogens with zero attached hydrogens (tertiary/aromatic N) is 2. The number of hydrogen-bond acceptors (Lipinski definition) is 3. The molecule has 0 spiro atoms. The second-order valence-corrected chi connectivity index (χ2v) is 6.39. The predicted octanol–water partition coefficient (Wildman–Crippen LogP) is 2.83. The van der Waals surface area contributed by atoms with Gasteiger partial charge in [-0.1, -0.05) is 6.92 Å². The third-order valence-electron chi connectivity index (χ3n) is 4.17. The fourth-order valence-corrected chi connectivity index (χ4v) is 3.67. The van der Waals surface area contributed by atoms with Gasteiger partial charge in [0.1, 0.15) is 0 Å². The van der Waals surface area contributed by atoms with E-state index in [0.29, 0.717) is 12.1 Å². The monoisotopic (exact) mass is 343 g/mol. The molecule has 1 aromatic heterocycles. The largest absolute Gasteiger partial charge is 0.378 e. The highest BCUT2D eigenvalue weighted by Gasteiger charge is 2.21. The molecule has 1 aliphatic heterocycles. The summed E-state index contributed by atoms with van der Waals surface area (Å²) in [5.41, 5.74) is 2.42. The van der Waals surface area contributed by atoms with Crippen molar-refractivity contribution in [2.45, 2.75) is 57.6 Å². The molecule has 2 heterocycles. The van der Waals surface area contributed by atoms with Gasteiger partial charge in [-0.25, -0.2) is 0 Å². The molecule has 0 bridgehead atoms. The first kappa shape index (κ1) is 16.0. The minimum absolute atomic E-state index is 0.416. The van der Waals surface area contributed by atoms with Crippen molar-refractivity contribution < 1.29 is 4.74 Å². The number of aromatic nitrogens is 2. The van der Waals surface area contributed by atoms with E-state index in [1.165, 1.54) is 29.4 Å². The number of likely N-dealkylation sites (N-methyl/N-ethyl adjacent to an activating group) is 1. The number of rotatable bonds is 6. The van der Waals surface area contributed by atoms with Crippen molar-refractivity contribution in [3.63, 3.8) is 0 Å². The van der Waals surface area contributed by atoms with Crippen LogP contribution in [0.25, 0.3) is 0 Å². The van der Waals surface area contributed by atoms with Gasteiger partial charge in [0, 0.05) is 26.1 Å². The molecule has 1 aromatic rings. The molecule has 0 radical (unpaired) electrons. The molecule has 0 amide bonds. The fraction of sp³-hybridized carbons (Fsp3) is 0.800. The van der Waals surface area contributed by atoms with Crippen LogP contribution in [0.15, 0.2) is 4.47 Å². The van der Waals surface area contributed by atoms with E-state index in [1.54, 1.807) is 0 Å². The van der Waals surface area contributed by atoms with E-state index in [1.807, 2.05) is 18.8 Å². The maximum atomic E-state index is 5.86. The van der Waals surface area contributed by atoms with E-state index in [0.717, 1.165) is 31.6 Å². The Bertz CT molecular complexity index is 427. The summed E-state index contributed by atoms with van der Waals surface area (Å²) >= 11 is 3.70. The van der Waals surface area contributed by atoms with Crippen LogP contribution in [0.4, 0.5) is 0 Å². The summed E-state index contributed by atoms with van der Waals surface area (Å²) in [4.78, 5) is 0. The van der Waals surface area contributed by atoms with Crippen molar-refractivity contribution in [2.24, 2.45) is 7.05 Å². The third kappa shape index (κ3) is 3.83. The lowest BCUT2D eigenvalue weighted by atomic mass is 9.99. The molecular formula is C15H26BrN3O. The van der Waals surface area contributed by atoms with Crippen molar-refractivity contribution in [3.05, 3.63) is 15.9 Å². The number of aryl methyl sites for hydroxylation is 2. The summed E-state index contributed by atoms with van der Waals surface area (Å²) in [5.74, 6) is 0. The SMILES string of the molecule is CCc1nn(C)c(CC(CC2CCCCO2)NC)c1Br. The van der Waals surface area contributed by atoms with Crippen LogP contribution in [-0.4, -0.2) is 35.6 Å². The number of nitrogens with one attached hydrogen (secondary N) is 1. The van der Waals surface area contributed by atoms with E-state index in [9.17, 15) is 0 Å². The molecule has 1 N–H and O–H groups in total. The van der Waals surface area contributed by atoms with Crippen molar-refractivity contribution in [1.82, 2.24) is 15.1 Å². The Morgan fingerprint density at radius 1 is 1.50 bits per heavy atom. The maximum absolute atomic E-state index is 5.86. The second-order valence-electron chi connectivity index (χ2n) is 5.60. The average molecular weight is 344 g/mol. The number of ether oxygens (including phenoxy) is 1. The number of hydrogen-bond donors (Lipinski definition) is 1. The van der Waals surface area contributed by atoms with Crippen LogP contribution in [0.2, 0.25) is 0 Å². The van der Waals surface area contributed by atoms with E-state index >= 15 is 0 Å². The van der Waals surface area contributed by atoms with Gasteiger partial charge in [0.05, 0.1) is 22.0 Å². The topological polar surface area (TPSA) is 39.1 Å². The summed E-state index contributed by atoms with van der Waals surface area (Å²) in [7, 11) is 4.07. The lowest BCUT2D eigenvalue weighted by Gasteiger charge is -2.27. The molecule has 2 atom stereocenters. The summed E-state index contributed by atoms with van der Waals surface area (Å²) in [5, 5.41) is 8.01. The van der Waals surface area contributed by atoms with E-state index in [-0.39, 0.29) is 0 Å². The van der Waals surface area contributed by atoms with Crippen molar-refractivity contribution in [2.75, 3.05) is 13.7 Å². The molecule has 0 aliphatic carbocycles. The molecule has 0 aromatic carbocycles. The summed E-state index contributed by atoms with van der Waals surface area (Å²) < 4.78 is 9.04. The first-order valence-electron chi connectivity index (χ1n) is 7.64. The van der Waals surface area contributed by atoms with E-state index in [2.05, 4.69) is 33.3 Å². The summed E-state index contributed by atoms with van der Waals surface area (Å²) in [6.45, 7) is 3.07. The predicted molar refractivity (Wildman–Crippen MR) is 85.0 cm³/mol. The number of halogens is 1. The molecule has 1 saturated heterocycles. The minimum Gasteiger partial charge on any atom is -0.378 e. The van der Waals surface area contributed by atoms with Gasteiger partial charge >= 0.3 is 0 Å². The van der Waals surface area contributed by atoms with Gasteiger partial charge < -0.3 is 10.1 Å². The molecule has 2 unspecified atom stereocenters. The molecule has 114 valence electrons. The normalized spacial score (nSPS) is 21.1. The Balaban J connectivity index is 2.00. The maximum Gasteiger partial charge on any atom is 0.0766 e. The van der Waals surface area contributed by atoms with Crippen LogP contribution < -0.4 is 5.32 Å². The minimum atomic E-state index is 0.416. The highest BCUT2D eigenvalue weighted by atomic mass is 79.9. The Labute approximate surface area is 130 Å². The fourth-order valence-electron chi connectivity index (χ4n) is 2.89. The van der Waals surface area contributed by atoms with Crippen LogP contribution >= 0.6 is 15.9 Å². The van der Waals surface area contributed by atoms with Gasteiger partial charge in [-0.15, -0.1) is 0 Å². The van der Waals surface area contributed by atoms with E-state index in [4.69, 9.17) is 4.74 Å². The summed E-state index contributed by atoms with van der Waals surface area (Å²) in [6, 6.07) is 0.439. The second kappa shape index (κ2) is 7.57. The zero-order valence-electron chi connectivity index (χ0n) is 12.8. The van der Waals surface area contributed by atoms with Gasteiger partial charge in [-0.3, -0.25) is 4.68 Å². The van der Waals surface area contributed by atoms with Crippen molar-refractivity contribution >= 4 is 15.9 Å². The first-order valence-corrected chi connectivity index (χ1v) is 8.44. The molecule has 1 aliphatic rings. The zero-order valence-corrected chi connectivity index (χ0v) is 14.4. The summed E-state index contributed by atoms with van der Waals surface area (Å²) in [6.07, 6.45) is 7.16. The van der Waals surface area contributed by atoms with Gasteiger partial charge in [0.2, 0.25) is 0 Å². The Hall–Kier alpha value is -0.390. The van der Waals surface area contributed by atoms with Gasteiger partial charge in [-0.2, -0.15) is 5.10 Å². The van der Waals surface area contributed by atoms with E-state index < -0.39 is 0 Å². The highest BCUT2D eigenvalue weighted by Crippen LogP contribution is 2.25. The Morgan fingerprint density at radius 2 is 2.30 bits per heavy atom. The first-order chi connectivity index (χ1) is 9.65.